The zero-order chi connectivity index (χ0) is 6.41. The summed E-state index contributed by atoms with van der Waals surface area (Å²) in [4.78, 5) is 6.83. The van der Waals surface area contributed by atoms with Gasteiger partial charge in [-0.3, -0.25) is 5.41 Å². The minimum absolute atomic E-state index is 0.0816. The first-order valence-electron chi connectivity index (χ1n) is 1.77. The van der Waals surface area contributed by atoms with Crippen LogP contribution < -0.4 is 5.73 Å². The maximum absolute atomic E-state index is 6.81. The lowest BCUT2D eigenvalue weighted by Gasteiger charge is -1.79. The smallest absolute Gasteiger partial charge is 0.243 e. The zero-order valence-electron chi connectivity index (χ0n) is 4.00. The van der Waals surface area contributed by atoms with E-state index in [4.69, 9.17) is 11.1 Å². The average molecular weight is 224 g/mol. The fourth-order valence-electron chi connectivity index (χ4n) is 0.150. The largest absolute Gasteiger partial charge is 0.390 e. The highest BCUT2D eigenvalue weighted by Gasteiger charge is 1.78. The van der Waals surface area contributed by atoms with Crippen LogP contribution in [0.25, 0.3) is 0 Å². The first-order chi connectivity index (χ1) is 3.81. The van der Waals surface area contributed by atoms with Crippen LogP contribution in [0.3, 0.4) is 0 Å². The molecule has 0 saturated carbocycles. The van der Waals surface area contributed by atoms with Crippen LogP contribution in [0, 0.1) is 5.41 Å². The number of nitrogens with two attached hydrogens (primary N) is 1. The van der Waals surface area contributed by atoms with Crippen molar-refractivity contribution in [3.8, 4) is 0 Å². The molecule has 0 amide bonds. The maximum Gasteiger partial charge on any atom is 0.243 e. The van der Waals surface area contributed by atoms with Gasteiger partial charge in [-0.15, -0.1) is 0 Å². The summed E-state index contributed by atoms with van der Waals surface area (Å²) in [5.41, 5.74) is 4.85. The van der Waals surface area contributed by atoms with Gasteiger partial charge in [0.2, 0.25) is 5.96 Å². The second kappa shape index (κ2) is 4.69. The first kappa shape index (κ1) is 7.54. The lowest BCUT2D eigenvalue weighted by molar-refractivity contribution is 1.38. The van der Waals surface area contributed by atoms with Gasteiger partial charge in [-0.25, -0.2) is 9.98 Å². The Labute approximate surface area is 60.5 Å². The molecule has 0 aliphatic heterocycles. The predicted molar refractivity (Wildman–Crippen MR) is 42.9 cm³/mol. The van der Waals surface area contributed by atoms with Gasteiger partial charge in [0.15, 0.2) is 0 Å². The minimum atomic E-state index is -0.0816. The summed E-state index contributed by atoms with van der Waals surface area (Å²) in [7, 11) is 0. The molecule has 0 aromatic rings. The highest BCUT2D eigenvalue weighted by Crippen LogP contribution is 1.77. The van der Waals surface area contributed by atoms with E-state index in [2.05, 4.69) is 9.98 Å². The van der Waals surface area contributed by atoms with Gasteiger partial charge in [0.1, 0.15) is 0 Å². The van der Waals surface area contributed by atoms with Crippen LogP contribution in [0.1, 0.15) is 0 Å². The Kier molecular flexibility index (Phi) is 4.42. The average Bonchev–Trinajstić information content (AvgIpc) is 1.68. The van der Waals surface area contributed by atoms with Crippen molar-refractivity contribution in [1.29, 1.82) is 5.41 Å². The number of halogens is 1. The predicted octanol–water partition coefficient (Wildman–Crippen LogP) is 0.371. The molecule has 3 N–H and O–H groups in total. The molecule has 0 saturated heterocycles. The summed E-state index contributed by atoms with van der Waals surface area (Å²) in [6.45, 7) is 0. The van der Waals surface area contributed by atoms with Gasteiger partial charge in [0.25, 0.3) is 0 Å². The fraction of sp³-hybridized carbons (Fsp3) is 0. The quantitative estimate of drug-likeness (QED) is 0.348. The van der Waals surface area contributed by atoms with E-state index in [1.807, 2.05) is 22.6 Å². The molecule has 0 aliphatic rings. The third-order valence-electron chi connectivity index (χ3n) is 0.368. The molecule has 0 aromatic carbocycles. The molecule has 0 aromatic heterocycles. The van der Waals surface area contributed by atoms with E-state index in [0.717, 1.165) is 6.34 Å². The summed E-state index contributed by atoms with van der Waals surface area (Å²) in [6, 6.07) is 0. The molecule has 44 valence electrons. The molecular weight excluding hydrogens is 219 g/mol. The molecule has 0 rings (SSSR count). The number of aliphatic imine (C=N–C) groups is 2. The third-order valence-corrected chi connectivity index (χ3v) is 0.646. The van der Waals surface area contributed by atoms with Gasteiger partial charge in [-0.05, 0) is 22.6 Å². The summed E-state index contributed by atoms with van der Waals surface area (Å²) < 4.78 is 1.45. The minimum Gasteiger partial charge on any atom is -0.390 e. The summed E-state index contributed by atoms with van der Waals surface area (Å²) >= 11 is 1.90. The maximum atomic E-state index is 6.81. The topological polar surface area (TPSA) is 74.6 Å². The van der Waals surface area contributed by atoms with Gasteiger partial charge in [-0.2, -0.15) is 0 Å². The van der Waals surface area contributed by atoms with Crippen LogP contribution in [-0.4, -0.2) is 16.5 Å². The van der Waals surface area contributed by atoms with Crippen molar-refractivity contribution in [1.82, 2.24) is 0 Å². The summed E-state index contributed by atoms with van der Waals surface area (Å²) in [5.74, 6) is -0.0816. The SMILES string of the molecule is N=C(N=CN)N=CI. The van der Waals surface area contributed by atoms with E-state index in [9.17, 15) is 0 Å². The standard InChI is InChI=1S/C3H5IN4/c4-1-7-3(6)8-2-5/h1-2H,(H3,5,6,8). The van der Waals surface area contributed by atoms with Crippen LogP contribution in [-0.2, 0) is 0 Å². The molecule has 8 heavy (non-hydrogen) atoms. The number of hydrogen-bond acceptors (Lipinski definition) is 1. The van der Waals surface area contributed by atoms with Crippen molar-refractivity contribution in [3.63, 3.8) is 0 Å². The van der Waals surface area contributed by atoms with E-state index >= 15 is 0 Å². The Morgan fingerprint density at radius 1 is 1.62 bits per heavy atom. The molecule has 0 radical (unpaired) electrons. The second-order valence-corrected chi connectivity index (χ2v) is 1.39. The van der Waals surface area contributed by atoms with Crippen molar-refractivity contribution >= 4 is 39.1 Å². The van der Waals surface area contributed by atoms with Crippen molar-refractivity contribution in [2.24, 2.45) is 15.7 Å². The van der Waals surface area contributed by atoms with Crippen LogP contribution in [0.2, 0.25) is 0 Å². The number of nitrogens with zero attached hydrogens (tertiary/aromatic N) is 2. The Morgan fingerprint density at radius 3 is 2.62 bits per heavy atom. The van der Waals surface area contributed by atoms with Crippen molar-refractivity contribution in [2.45, 2.75) is 0 Å². The fourth-order valence-corrected chi connectivity index (χ4v) is 0.414. The molecule has 4 nitrogen and oxygen atoms in total. The Hall–Kier alpha value is -0.460. The van der Waals surface area contributed by atoms with E-state index in [0.29, 0.717) is 0 Å². The van der Waals surface area contributed by atoms with E-state index < -0.39 is 0 Å². The Bertz CT molecular complexity index is 113. The Balaban J connectivity index is 3.66. The monoisotopic (exact) mass is 224 g/mol. The van der Waals surface area contributed by atoms with Crippen LogP contribution >= 0.6 is 22.6 Å². The molecule has 0 fully saturated rings. The second-order valence-electron chi connectivity index (χ2n) is 0.828. The number of hydrogen-bond donors (Lipinski definition) is 2. The normalized spacial score (nSPS) is 11.1. The zero-order valence-corrected chi connectivity index (χ0v) is 6.16. The molecule has 0 aliphatic carbocycles. The molecule has 0 heterocycles. The van der Waals surface area contributed by atoms with Crippen molar-refractivity contribution in [2.75, 3.05) is 0 Å². The van der Waals surface area contributed by atoms with Crippen molar-refractivity contribution in [3.05, 3.63) is 0 Å². The van der Waals surface area contributed by atoms with Gasteiger partial charge in [0, 0.05) is 0 Å². The third kappa shape index (κ3) is 3.72. The highest BCUT2D eigenvalue weighted by atomic mass is 127. The molecule has 0 spiro atoms. The van der Waals surface area contributed by atoms with Crippen molar-refractivity contribution < 1.29 is 0 Å². The molecule has 0 unspecified atom stereocenters. The van der Waals surface area contributed by atoms with Crippen LogP contribution in [0.5, 0.6) is 0 Å². The summed E-state index contributed by atoms with van der Waals surface area (Å²) in [5, 5.41) is 6.81. The molecular formula is C3H5IN4. The van der Waals surface area contributed by atoms with Crippen LogP contribution in [0.4, 0.5) is 0 Å². The van der Waals surface area contributed by atoms with Gasteiger partial charge in [-0.1, -0.05) is 0 Å². The number of guanidine groups is 1. The van der Waals surface area contributed by atoms with E-state index in [1.54, 1.807) is 0 Å². The van der Waals surface area contributed by atoms with E-state index in [1.165, 1.54) is 4.22 Å². The molecule has 5 heteroatoms. The number of nitrogens with one attached hydrogen (secondary N) is 1. The summed E-state index contributed by atoms with van der Waals surface area (Å²) in [6.07, 6.45) is 1.03. The van der Waals surface area contributed by atoms with Crippen LogP contribution in [0.15, 0.2) is 9.98 Å². The van der Waals surface area contributed by atoms with E-state index in [-0.39, 0.29) is 5.96 Å². The van der Waals surface area contributed by atoms with Gasteiger partial charge < -0.3 is 5.73 Å². The molecule has 0 bridgehead atoms. The number of rotatable bonds is 0. The highest BCUT2D eigenvalue weighted by molar-refractivity contribution is 14.1. The lowest BCUT2D eigenvalue weighted by Crippen LogP contribution is -1.93. The first-order valence-corrected chi connectivity index (χ1v) is 3.01. The van der Waals surface area contributed by atoms with Gasteiger partial charge >= 0.3 is 0 Å². The Morgan fingerprint density at radius 2 is 2.25 bits per heavy atom. The molecule has 0 atom stereocenters. The lowest BCUT2D eigenvalue weighted by atomic mass is 11.0. The van der Waals surface area contributed by atoms with Gasteiger partial charge in [0.05, 0.1) is 10.6 Å².